The van der Waals surface area contributed by atoms with Crippen LogP contribution in [0, 0.1) is 5.92 Å². The Morgan fingerprint density at radius 3 is 2.57 bits per heavy atom. The Morgan fingerprint density at radius 1 is 1.17 bits per heavy atom. The van der Waals surface area contributed by atoms with Gasteiger partial charge in [0.25, 0.3) is 0 Å². The number of carboxylic acid groups (broad SMARTS) is 1. The predicted molar refractivity (Wildman–Crippen MR) is 86.8 cm³/mol. The van der Waals surface area contributed by atoms with E-state index in [1.165, 1.54) is 11.3 Å². The molecular weight excluding hydrogens is 292 g/mol. The van der Waals surface area contributed by atoms with Crippen LogP contribution in [0.15, 0.2) is 24.3 Å². The number of hydrogen-bond acceptors (Lipinski definition) is 3. The third-order valence-electron chi connectivity index (χ3n) is 5.24. The van der Waals surface area contributed by atoms with Crippen molar-refractivity contribution in [2.24, 2.45) is 11.7 Å². The highest BCUT2D eigenvalue weighted by Crippen LogP contribution is 2.32. The molecule has 1 unspecified atom stereocenters. The Balaban J connectivity index is 1.83. The Hall–Kier alpha value is -1.88. The second kappa shape index (κ2) is 6.71. The number of aliphatic carboxylic acids is 1. The van der Waals surface area contributed by atoms with Crippen LogP contribution in [0.1, 0.15) is 49.3 Å². The lowest BCUT2D eigenvalue weighted by Crippen LogP contribution is -2.52. The van der Waals surface area contributed by atoms with Crippen molar-refractivity contribution in [1.82, 2.24) is 4.90 Å². The zero-order valence-corrected chi connectivity index (χ0v) is 13.3. The maximum atomic E-state index is 12.9. The number of carbonyl (C=O) groups excluding carboxylic acids is 1. The van der Waals surface area contributed by atoms with E-state index in [2.05, 4.69) is 0 Å². The SMILES string of the molecule is NC(C(=O)N1CCc2ccccc2[C@H]1C(=O)O)C1CCCCC1. The molecule has 0 saturated heterocycles. The number of carbonyl (C=O) groups is 2. The van der Waals surface area contributed by atoms with Gasteiger partial charge in [-0.2, -0.15) is 0 Å². The summed E-state index contributed by atoms with van der Waals surface area (Å²) < 4.78 is 0. The first kappa shape index (κ1) is 16.0. The quantitative estimate of drug-likeness (QED) is 0.894. The molecule has 1 aromatic rings. The van der Waals surface area contributed by atoms with E-state index in [0.717, 1.165) is 36.8 Å². The van der Waals surface area contributed by atoms with Crippen molar-refractivity contribution < 1.29 is 14.7 Å². The summed E-state index contributed by atoms with van der Waals surface area (Å²) in [6.45, 7) is 0.424. The molecular formula is C18H24N2O3. The number of fused-ring (bicyclic) bond motifs is 1. The third-order valence-corrected chi connectivity index (χ3v) is 5.24. The van der Waals surface area contributed by atoms with Gasteiger partial charge in [-0.25, -0.2) is 4.79 Å². The molecule has 5 nitrogen and oxygen atoms in total. The van der Waals surface area contributed by atoms with E-state index in [-0.39, 0.29) is 11.8 Å². The smallest absolute Gasteiger partial charge is 0.331 e. The number of hydrogen-bond donors (Lipinski definition) is 2. The van der Waals surface area contributed by atoms with E-state index in [4.69, 9.17) is 5.73 Å². The first-order chi connectivity index (χ1) is 11.1. The van der Waals surface area contributed by atoms with Gasteiger partial charge in [0.2, 0.25) is 5.91 Å². The molecule has 1 heterocycles. The molecule has 2 aliphatic rings. The van der Waals surface area contributed by atoms with Gasteiger partial charge in [0.05, 0.1) is 6.04 Å². The average molecular weight is 316 g/mol. The zero-order chi connectivity index (χ0) is 16.4. The maximum absolute atomic E-state index is 12.9. The van der Waals surface area contributed by atoms with E-state index in [0.29, 0.717) is 13.0 Å². The number of benzene rings is 1. The molecule has 3 rings (SSSR count). The van der Waals surface area contributed by atoms with Crippen LogP contribution in [0.3, 0.4) is 0 Å². The summed E-state index contributed by atoms with van der Waals surface area (Å²) in [4.78, 5) is 26.1. The molecule has 1 aliphatic heterocycles. The van der Waals surface area contributed by atoms with Crippen molar-refractivity contribution in [3.63, 3.8) is 0 Å². The minimum Gasteiger partial charge on any atom is -0.479 e. The van der Waals surface area contributed by atoms with Crippen LogP contribution >= 0.6 is 0 Å². The van der Waals surface area contributed by atoms with Crippen LogP contribution in [-0.2, 0) is 16.0 Å². The highest BCUT2D eigenvalue weighted by atomic mass is 16.4. The van der Waals surface area contributed by atoms with Gasteiger partial charge in [0, 0.05) is 6.54 Å². The van der Waals surface area contributed by atoms with Crippen molar-refractivity contribution in [1.29, 1.82) is 0 Å². The molecule has 1 aromatic carbocycles. The summed E-state index contributed by atoms with van der Waals surface area (Å²) in [6.07, 6.45) is 6.03. The Morgan fingerprint density at radius 2 is 1.87 bits per heavy atom. The van der Waals surface area contributed by atoms with Gasteiger partial charge in [-0.15, -0.1) is 0 Å². The van der Waals surface area contributed by atoms with Crippen molar-refractivity contribution in [3.05, 3.63) is 35.4 Å². The number of rotatable bonds is 3. The first-order valence-electron chi connectivity index (χ1n) is 8.46. The molecule has 0 aromatic heterocycles. The third kappa shape index (κ3) is 3.11. The second-order valence-corrected chi connectivity index (χ2v) is 6.65. The minimum atomic E-state index is -0.985. The number of nitrogens with zero attached hydrogens (tertiary/aromatic N) is 1. The summed E-state index contributed by atoms with van der Waals surface area (Å²) in [5.41, 5.74) is 7.95. The molecule has 1 fully saturated rings. The molecule has 1 saturated carbocycles. The molecule has 1 aliphatic carbocycles. The molecule has 3 N–H and O–H groups in total. The van der Waals surface area contributed by atoms with E-state index in [1.807, 2.05) is 18.2 Å². The van der Waals surface area contributed by atoms with Crippen LogP contribution in [0.2, 0.25) is 0 Å². The lowest BCUT2D eigenvalue weighted by atomic mass is 9.83. The molecule has 5 heteroatoms. The van der Waals surface area contributed by atoms with E-state index in [9.17, 15) is 14.7 Å². The topological polar surface area (TPSA) is 83.6 Å². The van der Waals surface area contributed by atoms with Crippen molar-refractivity contribution in [2.45, 2.75) is 50.6 Å². The minimum absolute atomic E-state index is 0.183. The van der Waals surface area contributed by atoms with Gasteiger partial charge in [-0.05, 0) is 36.3 Å². The summed E-state index contributed by atoms with van der Waals surface area (Å²) in [5.74, 6) is -1.01. The first-order valence-corrected chi connectivity index (χ1v) is 8.46. The summed E-state index contributed by atoms with van der Waals surface area (Å²) in [6, 6.07) is 5.98. The van der Waals surface area contributed by atoms with Crippen molar-refractivity contribution in [3.8, 4) is 0 Å². The number of carboxylic acids is 1. The Bertz CT molecular complexity index is 596. The Labute approximate surface area is 136 Å². The fourth-order valence-electron chi connectivity index (χ4n) is 3.96. The lowest BCUT2D eigenvalue weighted by Gasteiger charge is -2.38. The monoisotopic (exact) mass is 316 g/mol. The van der Waals surface area contributed by atoms with Gasteiger partial charge in [0.1, 0.15) is 0 Å². The van der Waals surface area contributed by atoms with Crippen molar-refractivity contribution in [2.75, 3.05) is 6.54 Å². The van der Waals surface area contributed by atoms with Crippen LogP contribution < -0.4 is 5.73 Å². The van der Waals surface area contributed by atoms with Crippen LogP contribution in [-0.4, -0.2) is 34.5 Å². The molecule has 0 spiro atoms. The summed E-state index contributed by atoms with van der Waals surface area (Å²) in [7, 11) is 0. The predicted octanol–water partition coefficient (Wildman–Crippen LogP) is 2.10. The van der Waals surface area contributed by atoms with Gasteiger partial charge in [-0.1, -0.05) is 43.5 Å². The van der Waals surface area contributed by atoms with E-state index < -0.39 is 18.1 Å². The van der Waals surface area contributed by atoms with Gasteiger partial charge in [-0.3, -0.25) is 4.79 Å². The fourth-order valence-corrected chi connectivity index (χ4v) is 3.96. The van der Waals surface area contributed by atoms with Gasteiger partial charge >= 0.3 is 5.97 Å². The highest BCUT2D eigenvalue weighted by Gasteiger charge is 2.39. The largest absolute Gasteiger partial charge is 0.479 e. The Kier molecular flexibility index (Phi) is 4.66. The normalized spacial score (nSPS) is 23.2. The van der Waals surface area contributed by atoms with Crippen LogP contribution in [0.4, 0.5) is 0 Å². The number of nitrogens with two attached hydrogens (primary N) is 1. The van der Waals surface area contributed by atoms with Crippen molar-refractivity contribution >= 4 is 11.9 Å². The molecule has 2 atom stereocenters. The zero-order valence-electron chi connectivity index (χ0n) is 13.3. The number of amides is 1. The lowest BCUT2D eigenvalue weighted by molar-refractivity contribution is -0.152. The molecule has 124 valence electrons. The van der Waals surface area contributed by atoms with Crippen LogP contribution in [0.5, 0.6) is 0 Å². The average Bonchev–Trinajstić information content (AvgIpc) is 2.60. The van der Waals surface area contributed by atoms with E-state index >= 15 is 0 Å². The molecule has 1 amide bonds. The summed E-state index contributed by atoms with van der Waals surface area (Å²) >= 11 is 0. The standard InChI is InChI=1S/C18H24N2O3/c19-15(13-7-2-1-3-8-13)17(21)20-11-10-12-6-4-5-9-14(12)16(20)18(22)23/h4-6,9,13,15-16H,1-3,7-8,10-11,19H2,(H,22,23)/t15?,16-/m0/s1. The molecule has 0 bridgehead atoms. The summed E-state index contributed by atoms with van der Waals surface area (Å²) in [5, 5.41) is 9.66. The van der Waals surface area contributed by atoms with Gasteiger partial charge in [0.15, 0.2) is 6.04 Å². The maximum Gasteiger partial charge on any atom is 0.331 e. The van der Waals surface area contributed by atoms with Crippen LogP contribution in [0.25, 0.3) is 0 Å². The molecule has 0 radical (unpaired) electrons. The fraction of sp³-hybridized carbons (Fsp3) is 0.556. The molecule has 23 heavy (non-hydrogen) atoms. The van der Waals surface area contributed by atoms with E-state index in [1.54, 1.807) is 6.07 Å². The highest BCUT2D eigenvalue weighted by molar-refractivity contribution is 5.88. The second-order valence-electron chi connectivity index (χ2n) is 6.65. The van der Waals surface area contributed by atoms with Gasteiger partial charge < -0.3 is 15.7 Å².